The van der Waals surface area contributed by atoms with Gasteiger partial charge >= 0.3 is 0 Å². The molecule has 21 heavy (non-hydrogen) atoms. The van der Waals surface area contributed by atoms with Gasteiger partial charge in [0.2, 0.25) is 0 Å². The molecule has 0 fully saturated rings. The van der Waals surface area contributed by atoms with Gasteiger partial charge in [-0.05, 0) is 60.9 Å². The predicted molar refractivity (Wildman–Crippen MR) is 87.3 cm³/mol. The molecule has 0 bridgehead atoms. The highest BCUT2D eigenvalue weighted by Crippen LogP contribution is 2.28. The Morgan fingerprint density at radius 3 is 2.33 bits per heavy atom. The van der Waals surface area contributed by atoms with Gasteiger partial charge in [0.1, 0.15) is 0 Å². The quantitative estimate of drug-likeness (QED) is 0.744. The standard InChI is InChI=1S/C19H19NO/c1-12-4-9-19(13(2)20-12)18-8-7-16-10-15(14(3)21)5-6-17(16)11-18/h4-11,14,21H,1-3H3. The Hall–Kier alpha value is -2.19. The van der Waals surface area contributed by atoms with E-state index in [1.807, 2.05) is 32.0 Å². The van der Waals surface area contributed by atoms with Gasteiger partial charge in [0, 0.05) is 17.0 Å². The molecule has 0 aliphatic rings. The number of benzene rings is 2. The predicted octanol–water partition coefficient (Wildman–Crippen LogP) is 4.57. The number of nitrogens with zero attached hydrogens (tertiary/aromatic N) is 1. The number of hydrogen-bond acceptors (Lipinski definition) is 2. The van der Waals surface area contributed by atoms with Crippen LogP contribution >= 0.6 is 0 Å². The molecule has 1 aromatic heterocycles. The van der Waals surface area contributed by atoms with Crippen LogP contribution in [0.3, 0.4) is 0 Å². The van der Waals surface area contributed by atoms with Gasteiger partial charge in [-0.25, -0.2) is 0 Å². The third-order valence-electron chi connectivity index (χ3n) is 3.88. The molecule has 3 aromatic rings. The fourth-order valence-electron chi connectivity index (χ4n) is 2.68. The summed E-state index contributed by atoms with van der Waals surface area (Å²) in [6, 6.07) is 16.7. The van der Waals surface area contributed by atoms with Crippen LogP contribution in [-0.4, -0.2) is 10.1 Å². The van der Waals surface area contributed by atoms with Gasteiger partial charge in [0.05, 0.1) is 6.10 Å². The van der Waals surface area contributed by atoms with Gasteiger partial charge in [-0.1, -0.05) is 30.3 Å². The van der Waals surface area contributed by atoms with Crippen LogP contribution in [0.2, 0.25) is 0 Å². The molecule has 2 aromatic carbocycles. The second kappa shape index (κ2) is 5.30. The van der Waals surface area contributed by atoms with Crippen molar-refractivity contribution >= 4 is 10.8 Å². The molecule has 1 N–H and O–H groups in total. The van der Waals surface area contributed by atoms with E-state index in [0.29, 0.717) is 0 Å². The molecule has 0 saturated heterocycles. The lowest BCUT2D eigenvalue weighted by Crippen LogP contribution is -1.92. The second-order valence-corrected chi connectivity index (χ2v) is 5.58. The smallest absolute Gasteiger partial charge is 0.0762 e. The molecular formula is C19H19NO. The molecule has 2 heteroatoms. The Morgan fingerprint density at radius 2 is 1.62 bits per heavy atom. The number of aryl methyl sites for hydroxylation is 2. The normalized spacial score (nSPS) is 12.6. The van der Waals surface area contributed by atoms with E-state index in [1.165, 1.54) is 16.5 Å². The molecule has 106 valence electrons. The van der Waals surface area contributed by atoms with Gasteiger partial charge in [-0.2, -0.15) is 0 Å². The minimum absolute atomic E-state index is 0.433. The average molecular weight is 277 g/mol. The zero-order valence-electron chi connectivity index (χ0n) is 12.6. The lowest BCUT2D eigenvalue weighted by molar-refractivity contribution is 0.199. The largest absolute Gasteiger partial charge is 0.389 e. The van der Waals surface area contributed by atoms with Crippen molar-refractivity contribution in [3.05, 3.63) is 65.5 Å². The lowest BCUT2D eigenvalue weighted by atomic mass is 9.98. The topological polar surface area (TPSA) is 33.1 Å². The van der Waals surface area contributed by atoms with Gasteiger partial charge in [0.25, 0.3) is 0 Å². The lowest BCUT2D eigenvalue weighted by Gasteiger charge is -2.10. The molecule has 0 spiro atoms. The van der Waals surface area contributed by atoms with Crippen molar-refractivity contribution in [2.24, 2.45) is 0 Å². The van der Waals surface area contributed by atoms with Gasteiger partial charge < -0.3 is 5.11 Å². The Kier molecular flexibility index (Phi) is 3.48. The number of pyridine rings is 1. The number of rotatable bonds is 2. The summed E-state index contributed by atoms with van der Waals surface area (Å²) in [5, 5.41) is 12.0. The first-order chi connectivity index (χ1) is 10.0. The van der Waals surface area contributed by atoms with Crippen molar-refractivity contribution in [2.75, 3.05) is 0 Å². The molecular weight excluding hydrogens is 258 g/mol. The summed E-state index contributed by atoms with van der Waals surface area (Å²) >= 11 is 0. The summed E-state index contributed by atoms with van der Waals surface area (Å²) in [4.78, 5) is 4.53. The third-order valence-corrected chi connectivity index (χ3v) is 3.88. The number of aromatic nitrogens is 1. The fraction of sp³-hybridized carbons (Fsp3) is 0.211. The van der Waals surface area contributed by atoms with E-state index in [-0.39, 0.29) is 0 Å². The minimum Gasteiger partial charge on any atom is -0.389 e. The molecule has 0 aliphatic heterocycles. The Bertz CT molecular complexity index is 806. The van der Waals surface area contributed by atoms with Crippen molar-refractivity contribution in [3.63, 3.8) is 0 Å². The van der Waals surface area contributed by atoms with E-state index in [0.717, 1.165) is 22.3 Å². The first-order valence-corrected chi connectivity index (χ1v) is 7.21. The highest BCUT2D eigenvalue weighted by Gasteiger charge is 2.06. The van der Waals surface area contributed by atoms with Crippen LogP contribution in [-0.2, 0) is 0 Å². The first kappa shape index (κ1) is 13.8. The third kappa shape index (κ3) is 2.67. The highest BCUT2D eigenvalue weighted by atomic mass is 16.3. The SMILES string of the molecule is Cc1ccc(-c2ccc3cc(C(C)O)ccc3c2)c(C)n1. The molecule has 1 atom stereocenters. The van der Waals surface area contributed by atoms with Crippen LogP contribution in [0, 0.1) is 13.8 Å². The molecule has 0 radical (unpaired) electrons. The van der Waals surface area contributed by atoms with E-state index in [2.05, 4.69) is 35.3 Å². The average Bonchev–Trinajstić information content (AvgIpc) is 2.46. The fourth-order valence-corrected chi connectivity index (χ4v) is 2.68. The van der Waals surface area contributed by atoms with E-state index in [9.17, 15) is 5.11 Å². The van der Waals surface area contributed by atoms with Crippen molar-refractivity contribution in [3.8, 4) is 11.1 Å². The molecule has 1 heterocycles. The van der Waals surface area contributed by atoms with Crippen LogP contribution in [0.15, 0.2) is 48.5 Å². The maximum absolute atomic E-state index is 9.67. The molecule has 0 amide bonds. The zero-order chi connectivity index (χ0) is 15.0. The highest BCUT2D eigenvalue weighted by molar-refractivity contribution is 5.88. The monoisotopic (exact) mass is 277 g/mol. The second-order valence-electron chi connectivity index (χ2n) is 5.58. The van der Waals surface area contributed by atoms with Gasteiger partial charge in [0.15, 0.2) is 0 Å². The van der Waals surface area contributed by atoms with Crippen LogP contribution in [0.25, 0.3) is 21.9 Å². The van der Waals surface area contributed by atoms with Crippen molar-refractivity contribution in [1.82, 2.24) is 4.98 Å². The number of fused-ring (bicyclic) bond motifs is 1. The summed E-state index contributed by atoms with van der Waals surface area (Å²) < 4.78 is 0. The van der Waals surface area contributed by atoms with E-state index < -0.39 is 6.10 Å². The summed E-state index contributed by atoms with van der Waals surface area (Å²) in [6.07, 6.45) is -0.433. The van der Waals surface area contributed by atoms with Gasteiger partial charge in [-0.15, -0.1) is 0 Å². The molecule has 2 nitrogen and oxygen atoms in total. The first-order valence-electron chi connectivity index (χ1n) is 7.21. The van der Waals surface area contributed by atoms with E-state index >= 15 is 0 Å². The van der Waals surface area contributed by atoms with Crippen molar-refractivity contribution < 1.29 is 5.11 Å². The van der Waals surface area contributed by atoms with Crippen LogP contribution in [0.4, 0.5) is 0 Å². The Labute approximate surface area is 125 Å². The Balaban J connectivity index is 2.11. The zero-order valence-corrected chi connectivity index (χ0v) is 12.6. The van der Waals surface area contributed by atoms with Crippen molar-refractivity contribution in [1.29, 1.82) is 0 Å². The molecule has 0 saturated carbocycles. The number of aliphatic hydroxyl groups excluding tert-OH is 1. The van der Waals surface area contributed by atoms with Crippen LogP contribution < -0.4 is 0 Å². The maximum Gasteiger partial charge on any atom is 0.0762 e. The van der Waals surface area contributed by atoms with E-state index in [4.69, 9.17) is 0 Å². The molecule has 0 aliphatic carbocycles. The maximum atomic E-state index is 9.67. The summed E-state index contributed by atoms with van der Waals surface area (Å²) in [6.45, 7) is 5.84. The van der Waals surface area contributed by atoms with Crippen LogP contribution in [0.5, 0.6) is 0 Å². The van der Waals surface area contributed by atoms with Crippen LogP contribution in [0.1, 0.15) is 30.0 Å². The number of hydrogen-bond donors (Lipinski definition) is 1. The molecule has 1 unspecified atom stereocenters. The Morgan fingerprint density at radius 1 is 0.905 bits per heavy atom. The van der Waals surface area contributed by atoms with Gasteiger partial charge in [-0.3, -0.25) is 4.98 Å². The summed E-state index contributed by atoms with van der Waals surface area (Å²) in [7, 11) is 0. The van der Waals surface area contributed by atoms with Crippen molar-refractivity contribution in [2.45, 2.75) is 26.9 Å². The number of aliphatic hydroxyl groups is 1. The summed E-state index contributed by atoms with van der Waals surface area (Å²) in [5.74, 6) is 0. The summed E-state index contributed by atoms with van der Waals surface area (Å²) in [5.41, 5.74) is 5.39. The molecule has 3 rings (SSSR count). The minimum atomic E-state index is -0.433. The van der Waals surface area contributed by atoms with E-state index in [1.54, 1.807) is 6.92 Å².